The second kappa shape index (κ2) is 11.1. The number of nitrogens with one attached hydrogen (secondary N) is 1. The Morgan fingerprint density at radius 1 is 1.00 bits per heavy atom. The van der Waals surface area contributed by atoms with Gasteiger partial charge in [0.05, 0.1) is 25.1 Å². The first-order valence-corrected chi connectivity index (χ1v) is 12.4. The second-order valence-corrected chi connectivity index (χ2v) is 9.50. The number of benzene rings is 3. The van der Waals surface area contributed by atoms with Gasteiger partial charge in [-0.2, -0.15) is 0 Å². The zero-order valence-corrected chi connectivity index (χ0v) is 21.0. The molecule has 1 aliphatic heterocycles. The van der Waals surface area contributed by atoms with E-state index in [9.17, 15) is 32.7 Å². The summed E-state index contributed by atoms with van der Waals surface area (Å²) in [5, 5.41) is 12.5. The van der Waals surface area contributed by atoms with E-state index in [-0.39, 0.29) is 42.4 Å². The molecule has 7 nitrogen and oxygen atoms in total. The summed E-state index contributed by atoms with van der Waals surface area (Å²) < 4.78 is 47.7. The standard InChI is InChI=1S/C30H23F3N2O5/c31-24-10-17(11-25(32)29(24)33)15-35-9-1-2-23(30(35)39)27(37)12-20(18-3-6-21(36)7-4-18)16-40-22-8-5-19-13-28(38)34-26(19)14-22/h1-11,14,20,36H,12-13,15-16H2,(H,34,38)/t20-/m0/s1. The SMILES string of the molecule is O=C1Cc2ccc(OC[C@H](CC(=O)c3cccn(Cc4cc(F)c(F)c(F)c4)c3=O)c3ccc(O)cc3)cc2N1. The van der Waals surface area contributed by atoms with Gasteiger partial charge in [-0.15, -0.1) is 0 Å². The molecule has 10 heteroatoms. The Balaban J connectivity index is 1.36. The Kier molecular flexibility index (Phi) is 7.41. The molecule has 204 valence electrons. The summed E-state index contributed by atoms with van der Waals surface area (Å²) in [6.07, 6.45) is 1.54. The van der Waals surface area contributed by atoms with Crippen molar-refractivity contribution in [3.8, 4) is 11.5 Å². The molecule has 1 aromatic heterocycles. The van der Waals surface area contributed by atoms with E-state index >= 15 is 0 Å². The van der Waals surface area contributed by atoms with Crippen LogP contribution in [0.25, 0.3) is 0 Å². The van der Waals surface area contributed by atoms with Crippen LogP contribution in [-0.4, -0.2) is 28.0 Å². The van der Waals surface area contributed by atoms with E-state index in [1.165, 1.54) is 30.5 Å². The van der Waals surface area contributed by atoms with Gasteiger partial charge in [0.2, 0.25) is 5.91 Å². The third-order valence-corrected chi connectivity index (χ3v) is 6.67. The van der Waals surface area contributed by atoms with Gasteiger partial charge in [0.15, 0.2) is 23.2 Å². The van der Waals surface area contributed by atoms with Crippen LogP contribution in [-0.2, 0) is 17.8 Å². The number of phenolic OH excluding ortho intramolecular Hbond substituents is 1. The van der Waals surface area contributed by atoms with E-state index in [0.29, 0.717) is 23.4 Å². The molecule has 0 aliphatic carbocycles. The topological polar surface area (TPSA) is 97.6 Å². The lowest BCUT2D eigenvalue weighted by atomic mass is 9.92. The summed E-state index contributed by atoms with van der Waals surface area (Å²) in [4.78, 5) is 38.1. The van der Waals surface area contributed by atoms with E-state index < -0.39 is 34.7 Å². The highest BCUT2D eigenvalue weighted by molar-refractivity contribution is 5.99. The Hall–Kier alpha value is -4.86. The quantitative estimate of drug-likeness (QED) is 0.228. The summed E-state index contributed by atoms with van der Waals surface area (Å²) >= 11 is 0. The number of phenols is 1. The van der Waals surface area contributed by atoms with Crippen molar-refractivity contribution in [1.29, 1.82) is 0 Å². The molecule has 0 radical (unpaired) electrons. The number of hydrogen-bond donors (Lipinski definition) is 2. The van der Waals surface area contributed by atoms with Crippen LogP contribution in [0.1, 0.15) is 39.4 Å². The Morgan fingerprint density at radius 2 is 1.73 bits per heavy atom. The number of amides is 1. The maximum Gasteiger partial charge on any atom is 0.261 e. The van der Waals surface area contributed by atoms with Gasteiger partial charge in [0, 0.05) is 30.3 Å². The number of carbonyl (C=O) groups excluding carboxylic acids is 2. The highest BCUT2D eigenvalue weighted by atomic mass is 19.2. The van der Waals surface area contributed by atoms with Gasteiger partial charge < -0.3 is 19.7 Å². The molecule has 40 heavy (non-hydrogen) atoms. The number of halogens is 3. The molecule has 4 aromatic rings. The molecule has 0 bridgehead atoms. The number of carbonyl (C=O) groups is 2. The van der Waals surface area contributed by atoms with Gasteiger partial charge in [0.1, 0.15) is 11.5 Å². The number of ether oxygens (including phenoxy) is 1. The van der Waals surface area contributed by atoms with Crippen LogP contribution in [0.15, 0.2) is 77.7 Å². The van der Waals surface area contributed by atoms with Crippen LogP contribution in [0.2, 0.25) is 0 Å². The zero-order valence-electron chi connectivity index (χ0n) is 21.0. The number of nitrogens with zero attached hydrogens (tertiary/aromatic N) is 1. The van der Waals surface area contributed by atoms with Crippen LogP contribution >= 0.6 is 0 Å². The molecule has 5 rings (SSSR count). The first kappa shape index (κ1) is 26.7. The number of pyridine rings is 1. The lowest BCUT2D eigenvalue weighted by molar-refractivity contribution is -0.115. The van der Waals surface area contributed by atoms with Crippen molar-refractivity contribution in [2.45, 2.75) is 25.3 Å². The first-order valence-electron chi connectivity index (χ1n) is 12.4. The highest BCUT2D eigenvalue weighted by Gasteiger charge is 2.23. The molecule has 0 fully saturated rings. The summed E-state index contributed by atoms with van der Waals surface area (Å²) in [5.74, 6) is -4.93. The number of fused-ring (bicyclic) bond motifs is 1. The van der Waals surface area contributed by atoms with Gasteiger partial charge in [-0.05, 0) is 59.2 Å². The number of aromatic nitrogens is 1. The number of Topliss-reactive ketones (excluding diaryl/α,β-unsaturated/α-hetero) is 1. The Morgan fingerprint density at radius 3 is 2.45 bits per heavy atom. The molecule has 3 aromatic carbocycles. The maximum atomic E-state index is 13.7. The molecule has 0 saturated carbocycles. The lowest BCUT2D eigenvalue weighted by Gasteiger charge is -2.18. The van der Waals surface area contributed by atoms with E-state index in [1.54, 1.807) is 30.3 Å². The third-order valence-electron chi connectivity index (χ3n) is 6.67. The Bertz CT molecular complexity index is 1640. The smallest absolute Gasteiger partial charge is 0.261 e. The van der Waals surface area contributed by atoms with Crippen LogP contribution in [0.3, 0.4) is 0 Å². The number of rotatable bonds is 9. The van der Waals surface area contributed by atoms with Gasteiger partial charge in [0.25, 0.3) is 5.56 Å². The summed E-state index contributed by atoms with van der Waals surface area (Å²) in [6, 6.07) is 15.9. The average Bonchev–Trinajstić information content (AvgIpc) is 3.30. The van der Waals surface area contributed by atoms with Gasteiger partial charge in [-0.25, -0.2) is 13.2 Å². The molecule has 2 N–H and O–H groups in total. The minimum absolute atomic E-state index is 0.0176. The third kappa shape index (κ3) is 5.75. The predicted octanol–water partition coefficient (Wildman–Crippen LogP) is 4.95. The van der Waals surface area contributed by atoms with E-state index in [2.05, 4.69) is 5.32 Å². The Labute approximate surface area is 226 Å². The first-order chi connectivity index (χ1) is 19.2. The molecule has 0 spiro atoms. The molecular formula is C30H23F3N2O5. The molecule has 1 amide bonds. The van der Waals surface area contributed by atoms with Crippen LogP contribution in [0.4, 0.5) is 18.9 Å². The second-order valence-electron chi connectivity index (χ2n) is 9.50. The number of ketones is 1. The van der Waals surface area contributed by atoms with Gasteiger partial charge in [-0.3, -0.25) is 14.4 Å². The zero-order chi connectivity index (χ0) is 28.4. The van der Waals surface area contributed by atoms with Gasteiger partial charge >= 0.3 is 0 Å². The molecule has 0 unspecified atom stereocenters. The molecule has 1 aliphatic rings. The van der Waals surface area contributed by atoms with Crippen LogP contribution in [0.5, 0.6) is 11.5 Å². The fraction of sp³-hybridized carbons (Fsp3) is 0.167. The number of aromatic hydroxyl groups is 1. The van der Waals surface area contributed by atoms with Crippen molar-refractivity contribution in [3.05, 3.63) is 123 Å². The van der Waals surface area contributed by atoms with E-state index in [0.717, 1.165) is 22.3 Å². The molecule has 2 heterocycles. The summed E-state index contributed by atoms with van der Waals surface area (Å²) in [6.45, 7) is -0.216. The number of anilines is 1. The van der Waals surface area contributed by atoms with Crippen LogP contribution in [0, 0.1) is 17.5 Å². The summed E-state index contributed by atoms with van der Waals surface area (Å²) in [5.41, 5.74) is 1.42. The highest BCUT2D eigenvalue weighted by Crippen LogP contribution is 2.30. The lowest BCUT2D eigenvalue weighted by Crippen LogP contribution is -2.27. The van der Waals surface area contributed by atoms with Gasteiger partial charge in [-0.1, -0.05) is 18.2 Å². The average molecular weight is 549 g/mol. The van der Waals surface area contributed by atoms with Crippen molar-refractivity contribution in [3.63, 3.8) is 0 Å². The fourth-order valence-corrected chi connectivity index (χ4v) is 4.60. The number of hydrogen-bond acceptors (Lipinski definition) is 5. The largest absolute Gasteiger partial charge is 0.508 e. The van der Waals surface area contributed by atoms with Crippen molar-refractivity contribution < 1.29 is 32.6 Å². The van der Waals surface area contributed by atoms with Crippen molar-refractivity contribution >= 4 is 17.4 Å². The predicted molar refractivity (Wildman–Crippen MR) is 140 cm³/mol. The minimum atomic E-state index is -1.60. The van der Waals surface area contributed by atoms with Crippen molar-refractivity contribution in [2.75, 3.05) is 11.9 Å². The van der Waals surface area contributed by atoms with Crippen molar-refractivity contribution in [1.82, 2.24) is 4.57 Å². The van der Waals surface area contributed by atoms with Crippen LogP contribution < -0.4 is 15.6 Å². The molecule has 1 atom stereocenters. The van der Waals surface area contributed by atoms with Crippen molar-refractivity contribution in [2.24, 2.45) is 0 Å². The maximum absolute atomic E-state index is 13.7. The van der Waals surface area contributed by atoms with E-state index in [1.807, 2.05) is 0 Å². The fourth-order valence-electron chi connectivity index (χ4n) is 4.60. The normalized spacial score (nSPS) is 13.0. The van der Waals surface area contributed by atoms with E-state index in [4.69, 9.17) is 4.74 Å². The minimum Gasteiger partial charge on any atom is -0.508 e. The monoisotopic (exact) mass is 548 g/mol. The molecule has 0 saturated heterocycles. The molecular weight excluding hydrogens is 525 g/mol. The summed E-state index contributed by atoms with van der Waals surface area (Å²) in [7, 11) is 0.